The van der Waals surface area contributed by atoms with Crippen LogP contribution in [0, 0.1) is 0 Å². The van der Waals surface area contributed by atoms with Gasteiger partial charge in [0.2, 0.25) is 5.82 Å². The van der Waals surface area contributed by atoms with Gasteiger partial charge in [-0.2, -0.15) is 0 Å². The number of hydrogen-bond acceptors (Lipinski definition) is 5. The largest absolute Gasteiger partial charge is 0.470 e. The van der Waals surface area contributed by atoms with Gasteiger partial charge in [-0.15, -0.1) is 0 Å². The quantitative estimate of drug-likeness (QED) is 0.532. The van der Waals surface area contributed by atoms with Crippen LogP contribution in [0.2, 0.25) is 10.0 Å². The summed E-state index contributed by atoms with van der Waals surface area (Å²) in [6.45, 7) is 0.188. The van der Waals surface area contributed by atoms with Crippen LogP contribution in [0.4, 0.5) is 5.82 Å². The average Bonchev–Trinajstić information content (AvgIpc) is 2.62. The second kappa shape index (κ2) is 8.43. The van der Waals surface area contributed by atoms with E-state index in [1.165, 1.54) is 18.3 Å². The number of nitrogens with one attached hydrogen (secondary N) is 1. The molecule has 0 unspecified atom stereocenters. The molecule has 0 saturated carbocycles. The molecule has 0 atom stereocenters. The summed E-state index contributed by atoms with van der Waals surface area (Å²) >= 11 is 15.2. The van der Waals surface area contributed by atoms with E-state index in [2.05, 4.69) is 30.6 Å². The summed E-state index contributed by atoms with van der Waals surface area (Å²) < 4.78 is 33.9. The molecule has 0 saturated heterocycles. The molecular formula is C17H12BrCl2N3O3S. The Morgan fingerprint density at radius 1 is 1.04 bits per heavy atom. The number of nitrogens with zero attached hydrogens (tertiary/aromatic N) is 2. The molecule has 0 radical (unpaired) electrons. The minimum Gasteiger partial charge on any atom is -0.470 e. The summed E-state index contributed by atoms with van der Waals surface area (Å²) in [5.74, 6) is -0.0647. The molecule has 0 bridgehead atoms. The second-order valence-electron chi connectivity index (χ2n) is 5.28. The number of rotatable bonds is 6. The van der Waals surface area contributed by atoms with Gasteiger partial charge >= 0.3 is 0 Å². The van der Waals surface area contributed by atoms with Gasteiger partial charge in [-0.05, 0) is 33.6 Å². The molecule has 6 nitrogen and oxygen atoms in total. The summed E-state index contributed by atoms with van der Waals surface area (Å²) in [6.07, 6.45) is 1.35. The van der Waals surface area contributed by atoms with E-state index < -0.39 is 10.0 Å². The van der Waals surface area contributed by atoms with Crippen LogP contribution in [0.3, 0.4) is 0 Å². The fourth-order valence-electron chi connectivity index (χ4n) is 2.17. The highest BCUT2D eigenvalue weighted by Crippen LogP contribution is 2.32. The topological polar surface area (TPSA) is 81.2 Å². The summed E-state index contributed by atoms with van der Waals surface area (Å²) in [4.78, 5) is 7.96. The van der Waals surface area contributed by atoms with Gasteiger partial charge in [-0.3, -0.25) is 4.72 Å². The number of benzene rings is 2. The summed E-state index contributed by atoms with van der Waals surface area (Å²) in [5.41, 5.74) is 0.891. The van der Waals surface area contributed by atoms with Crippen LogP contribution in [0.15, 0.2) is 64.2 Å². The molecule has 3 rings (SSSR count). The van der Waals surface area contributed by atoms with Crippen molar-refractivity contribution in [2.45, 2.75) is 11.5 Å². The standard InChI is InChI=1S/C17H12BrCl2N3O3S/c18-14-9-21-16(17(22-14)26-10-11-5-2-1-3-6-11)23-27(24,25)15-12(19)7-4-8-13(15)20/h1-9H,10H2,(H,21,23). The first kappa shape index (κ1) is 19.9. The van der Waals surface area contributed by atoms with Crippen molar-refractivity contribution < 1.29 is 13.2 Å². The first-order valence-electron chi connectivity index (χ1n) is 7.53. The zero-order valence-corrected chi connectivity index (χ0v) is 17.5. The third kappa shape index (κ3) is 4.90. The highest BCUT2D eigenvalue weighted by Gasteiger charge is 2.24. The summed E-state index contributed by atoms with van der Waals surface area (Å²) in [5, 5.41) is -0.0151. The molecule has 2 aromatic carbocycles. The Kier molecular flexibility index (Phi) is 6.21. The minimum atomic E-state index is -4.10. The lowest BCUT2D eigenvalue weighted by atomic mass is 10.2. The highest BCUT2D eigenvalue weighted by atomic mass is 79.9. The van der Waals surface area contributed by atoms with Crippen molar-refractivity contribution in [3.8, 4) is 5.88 Å². The zero-order valence-electron chi connectivity index (χ0n) is 13.6. The van der Waals surface area contributed by atoms with Crippen molar-refractivity contribution in [3.63, 3.8) is 0 Å². The molecule has 0 aliphatic rings. The van der Waals surface area contributed by atoms with Crippen LogP contribution in [0.25, 0.3) is 0 Å². The van der Waals surface area contributed by atoms with Gasteiger partial charge in [0.25, 0.3) is 15.9 Å². The van der Waals surface area contributed by atoms with Gasteiger partial charge in [0.15, 0.2) is 0 Å². The normalized spacial score (nSPS) is 11.2. The van der Waals surface area contributed by atoms with Gasteiger partial charge in [-0.1, -0.05) is 59.6 Å². The monoisotopic (exact) mass is 487 g/mol. The van der Waals surface area contributed by atoms with Gasteiger partial charge in [0.1, 0.15) is 16.1 Å². The SMILES string of the molecule is O=S(=O)(Nc1ncc(Br)nc1OCc1ccccc1)c1c(Cl)cccc1Cl. The second-order valence-corrected chi connectivity index (χ2v) is 8.52. The lowest BCUT2D eigenvalue weighted by molar-refractivity contribution is 0.294. The van der Waals surface area contributed by atoms with E-state index >= 15 is 0 Å². The molecule has 27 heavy (non-hydrogen) atoms. The van der Waals surface area contributed by atoms with Gasteiger partial charge < -0.3 is 4.74 Å². The van der Waals surface area contributed by atoms with E-state index in [1.807, 2.05) is 30.3 Å². The molecular weight excluding hydrogens is 477 g/mol. The van der Waals surface area contributed by atoms with Gasteiger partial charge in [-0.25, -0.2) is 18.4 Å². The Hall–Kier alpha value is -1.87. The maximum Gasteiger partial charge on any atom is 0.266 e. The number of halogens is 3. The highest BCUT2D eigenvalue weighted by molar-refractivity contribution is 9.10. The van der Waals surface area contributed by atoms with E-state index in [4.69, 9.17) is 27.9 Å². The lowest BCUT2D eigenvalue weighted by Crippen LogP contribution is -2.16. The van der Waals surface area contributed by atoms with Crippen molar-refractivity contribution >= 4 is 55.0 Å². The molecule has 1 aromatic heterocycles. The van der Waals surface area contributed by atoms with Crippen LogP contribution >= 0.6 is 39.1 Å². The van der Waals surface area contributed by atoms with Crippen molar-refractivity contribution in [1.82, 2.24) is 9.97 Å². The summed E-state index contributed by atoms with van der Waals surface area (Å²) in [6, 6.07) is 13.8. The fraction of sp³-hybridized carbons (Fsp3) is 0.0588. The first-order valence-corrected chi connectivity index (χ1v) is 10.6. The number of aromatic nitrogens is 2. The molecule has 140 valence electrons. The molecule has 1 heterocycles. The fourth-order valence-corrected chi connectivity index (χ4v) is 4.58. The molecule has 0 fully saturated rings. The van der Waals surface area contributed by atoms with Crippen LogP contribution in [-0.2, 0) is 16.6 Å². The molecule has 10 heteroatoms. The molecule has 0 aliphatic carbocycles. The smallest absolute Gasteiger partial charge is 0.266 e. The van der Waals surface area contributed by atoms with Crippen molar-refractivity contribution in [2.24, 2.45) is 0 Å². The maximum absolute atomic E-state index is 12.7. The van der Waals surface area contributed by atoms with Crippen LogP contribution in [0.1, 0.15) is 5.56 Å². The zero-order chi connectivity index (χ0) is 19.4. The number of anilines is 1. The van der Waals surface area contributed by atoms with Crippen LogP contribution in [0.5, 0.6) is 5.88 Å². The number of hydrogen-bond donors (Lipinski definition) is 1. The van der Waals surface area contributed by atoms with Crippen molar-refractivity contribution in [2.75, 3.05) is 4.72 Å². The van der Waals surface area contributed by atoms with E-state index in [-0.39, 0.29) is 33.2 Å². The Morgan fingerprint density at radius 2 is 1.70 bits per heavy atom. The predicted octanol–water partition coefficient (Wildman–Crippen LogP) is 4.93. The predicted molar refractivity (Wildman–Crippen MR) is 108 cm³/mol. The van der Waals surface area contributed by atoms with Gasteiger partial charge in [0, 0.05) is 0 Å². The molecule has 0 aliphatic heterocycles. The van der Waals surface area contributed by atoms with Crippen LogP contribution < -0.4 is 9.46 Å². The molecule has 3 aromatic rings. The first-order chi connectivity index (χ1) is 12.9. The van der Waals surface area contributed by atoms with E-state index in [0.29, 0.717) is 4.60 Å². The van der Waals surface area contributed by atoms with Crippen molar-refractivity contribution in [3.05, 3.63) is 74.9 Å². The molecule has 1 N–H and O–H groups in total. The number of sulfonamides is 1. The number of ether oxygens (including phenoxy) is 1. The van der Waals surface area contributed by atoms with Gasteiger partial charge in [0.05, 0.1) is 16.2 Å². The lowest BCUT2D eigenvalue weighted by Gasteiger charge is -2.13. The Morgan fingerprint density at radius 3 is 2.37 bits per heavy atom. The third-order valence-corrected chi connectivity index (χ3v) is 6.02. The third-order valence-electron chi connectivity index (χ3n) is 3.35. The van der Waals surface area contributed by atoms with Crippen LogP contribution in [-0.4, -0.2) is 18.4 Å². The van der Waals surface area contributed by atoms with E-state index in [0.717, 1.165) is 5.56 Å². The Labute approximate surface area is 174 Å². The minimum absolute atomic E-state index is 0.00757. The molecule has 0 amide bonds. The summed E-state index contributed by atoms with van der Waals surface area (Å²) in [7, 11) is -4.10. The Balaban J connectivity index is 1.90. The Bertz CT molecular complexity index is 1050. The average molecular weight is 489 g/mol. The van der Waals surface area contributed by atoms with E-state index in [9.17, 15) is 8.42 Å². The maximum atomic E-state index is 12.7. The molecule has 0 spiro atoms. The van der Waals surface area contributed by atoms with E-state index in [1.54, 1.807) is 6.07 Å². The van der Waals surface area contributed by atoms with Crippen molar-refractivity contribution in [1.29, 1.82) is 0 Å².